The van der Waals surface area contributed by atoms with Crippen LogP contribution in [0.2, 0.25) is 5.02 Å². The van der Waals surface area contributed by atoms with Gasteiger partial charge < -0.3 is 9.47 Å². The fraction of sp³-hybridized carbons (Fsp3) is 0.312. The van der Waals surface area contributed by atoms with Crippen LogP contribution in [0.1, 0.15) is 35.9 Å². The Morgan fingerprint density at radius 3 is 2.71 bits per heavy atom. The molecule has 5 heteroatoms. The molecule has 21 heavy (non-hydrogen) atoms. The zero-order chi connectivity index (χ0) is 15.6. The topological polar surface area (TPSA) is 25.2 Å². The number of benzene rings is 1. The molecule has 0 aliphatic heterocycles. The van der Waals surface area contributed by atoms with Gasteiger partial charge >= 0.3 is 0 Å². The molecular weight excluding hydrogens is 352 g/mol. The lowest BCUT2D eigenvalue weighted by Crippen LogP contribution is -2.28. The monoisotopic (exact) mass is 368 g/mol. The van der Waals surface area contributed by atoms with Crippen LogP contribution in [0, 0.1) is 0 Å². The van der Waals surface area contributed by atoms with Gasteiger partial charge in [-0.1, -0.05) is 23.7 Å². The molecule has 0 radical (unpaired) electrons. The molecule has 3 nitrogen and oxygen atoms in total. The molecule has 112 valence electrons. The van der Waals surface area contributed by atoms with E-state index in [4.69, 9.17) is 11.6 Å². The smallest absolute Gasteiger partial charge is 0.270 e. The summed E-state index contributed by atoms with van der Waals surface area (Å²) in [4.78, 5) is 14.3. The molecule has 0 aliphatic carbocycles. The maximum absolute atomic E-state index is 12.6. The highest BCUT2D eigenvalue weighted by molar-refractivity contribution is 9.10. The average molecular weight is 370 g/mol. The lowest BCUT2D eigenvalue weighted by molar-refractivity contribution is 0.0772. The maximum Gasteiger partial charge on any atom is 0.270 e. The first-order valence-electron chi connectivity index (χ1n) is 6.75. The molecule has 2 rings (SSSR count). The van der Waals surface area contributed by atoms with Crippen LogP contribution in [0.25, 0.3) is 0 Å². The van der Waals surface area contributed by atoms with Gasteiger partial charge in [-0.3, -0.25) is 4.79 Å². The average Bonchev–Trinajstić information content (AvgIpc) is 2.80. The van der Waals surface area contributed by atoms with Gasteiger partial charge in [0.15, 0.2) is 0 Å². The van der Waals surface area contributed by atoms with E-state index in [0.29, 0.717) is 17.3 Å². The van der Waals surface area contributed by atoms with E-state index in [2.05, 4.69) is 29.8 Å². The predicted octanol–water partition coefficient (Wildman–Crippen LogP) is 4.76. The Morgan fingerprint density at radius 1 is 1.38 bits per heavy atom. The van der Waals surface area contributed by atoms with E-state index in [1.54, 1.807) is 11.9 Å². The molecule has 0 unspecified atom stereocenters. The zero-order valence-corrected chi connectivity index (χ0v) is 14.6. The van der Waals surface area contributed by atoms with Crippen LogP contribution in [-0.2, 0) is 6.54 Å². The SMILES string of the molecule is CC(C)n1cc(Br)cc1C(=O)N(C)Cc1cccc(Cl)c1. The normalized spacial score (nSPS) is 11.0. The fourth-order valence-electron chi connectivity index (χ4n) is 2.22. The second kappa shape index (κ2) is 6.67. The lowest BCUT2D eigenvalue weighted by atomic mass is 10.2. The van der Waals surface area contributed by atoms with Crippen LogP contribution in [0.5, 0.6) is 0 Å². The summed E-state index contributed by atoms with van der Waals surface area (Å²) in [6, 6.07) is 9.65. The second-order valence-electron chi connectivity index (χ2n) is 5.34. The summed E-state index contributed by atoms with van der Waals surface area (Å²) in [5, 5.41) is 0.682. The molecule has 0 spiro atoms. The molecule has 0 saturated heterocycles. The molecule has 1 heterocycles. The Labute approximate surface area is 138 Å². The molecule has 0 N–H and O–H groups in total. The molecule has 1 aromatic carbocycles. The number of amides is 1. The Hall–Kier alpha value is -1.26. The van der Waals surface area contributed by atoms with E-state index >= 15 is 0 Å². The van der Waals surface area contributed by atoms with Crippen LogP contribution < -0.4 is 0 Å². The van der Waals surface area contributed by atoms with Crippen molar-refractivity contribution in [2.45, 2.75) is 26.4 Å². The summed E-state index contributed by atoms with van der Waals surface area (Å²) < 4.78 is 2.89. The molecule has 0 atom stereocenters. The minimum absolute atomic E-state index is 0.00521. The molecule has 0 saturated carbocycles. The third-order valence-electron chi connectivity index (χ3n) is 3.25. The van der Waals surface area contributed by atoms with E-state index in [9.17, 15) is 4.79 Å². The van der Waals surface area contributed by atoms with Crippen LogP contribution >= 0.6 is 27.5 Å². The van der Waals surface area contributed by atoms with E-state index in [1.807, 2.05) is 41.1 Å². The van der Waals surface area contributed by atoms with Gasteiger partial charge in [0, 0.05) is 35.3 Å². The van der Waals surface area contributed by atoms with Gasteiger partial charge in [-0.05, 0) is 53.5 Å². The van der Waals surface area contributed by atoms with E-state index < -0.39 is 0 Å². The highest BCUT2D eigenvalue weighted by Gasteiger charge is 2.18. The number of aromatic nitrogens is 1. The standard InChI is InChI=1S/C16H18BrClN2O/c1-11(2)20-10-13(17)8-15(20)16(21)19(3)9-12-5-4-6-14(18)7-12/h4-8,10-11H,9H2,1-3H3. The van der Waals surface area contributed by atoms with Crippen LogP contribution in [-0.4, -0.2) is 22.4 Å². The highest BCUT2D eigenvalue weighted by Crippen LogP contribution is 2.21. The van der Waals surface area contributed by atoms with Gasteiger partial charge in [-0.2, -0.15) is 0 Å². The summed E-state index contributed by atoms with van der Waals surface area (Å²) in [5.41, 5.74) is 1.70. The largest absolute Gasteiger partial charge is 0.340 e. The van der Waals surface area contributed by atoms with E-state index in [-0.39, 0.29) is 11.9 Å². The van der Waals surface area contributed by atoms with Crippen molar-refractivity contribution in [1.82, 2.24) is 9.47 Å². The summed E-state index contributed by atoms with van der Waals surface area (Å²) in [6.45, 7) is 4.64. The van der Waals surface area contributed by atoms with Crippen LogP contribution in [0.3, 0.4) is 0 Å². The Bertz CT molecular complexity index is 651. The first kappa shape index (κ1) is 16.1. The second-order valence-corrected chi connectivity index (χ2v) is 6.69. The summed E-state index contributed by atoms with van der Waals surface area (Å²) in [7, 11) is 1.80. The summed E-state index contributed by atoms with van der Waals surface area (Å²) in [5.74, 6) is -0.00521. The van der Waals surface area contributed by atoms with Crippen LogP contribution in [0.15, 0.2) is 41.0 Å². The molecule has 0 aliphatic rings. The third kappa shape index (κ3) is 3.89. The van der Waals surface area contributed by atoms with Crippen molar-refractivity contribution < 1.29 is 4.79 Å². The molecule has 0 fully saturated rings. The minimum Gasteiger partial charge on any atom is -0.340 e. The maximum atomic E-state index is 12.6. The summed E-state index contributed by atoms with van der Waals surface area (Å²) >= 11 is 9.42. The fourth-order valence-corrected chi connectivity index (χ4v) is 2.87. The number of carbonyl (C=O) groups excluding carboxylic acids is 1. The number of carbonyl (C=O) groups is 1. The molecular formula is C16H18BrClN2O. The van der Waals surface area contributed by atoms with E-state index in [1.165, 1.54) is 0 Å². The minimum atomic E-state index is -0.00521. The number of nitrogens with zero attached hydrogens (tertiary/aromatic N) is 2. The Balaban J connectivity index is 2.20. The van der Waals surface area contributed by atoms with Crippen LogP contribution in [0.4, 0.5) is 0 Å². The Kier molecular flexibility index (Phi) is 5.12. The van der Waals surface area contributed by atoms with Crippen molar-refractivity contribution >= 4 is 33.4 Å². The zero-order valence-electron chi connectivity index (χ0n) is 12.3. The summed E-state index contributed by atoms with van der Waals surface area (Å²) in [6.07, 6.45) is 1.94. The van der Waals surface area contributed by atoms with Gasteiger partial charge in [0.1, 0.15) is 5.69 Å². The molecule has 2 aromatic rings. The number of halogens is 2. The van der Waals surface area contributed by atoms with Crippen molar-refractivity contribution in [2.75, 3.05) is 7.05 Å². The molecule has 1 aromatic heterocycles. The van der Waals surface area contributed by atoms with Gasteiger partial charge in [0.05, 0.1) is 0 Å². The van der Waals surface area contributed by atoms with E-state index in [0.717, 1.165) is 10.0 Å². The predicted molar refractivity (Wildman–Crippen MR) is 89.8 cm³/mol. The molecule has 1 amide bonds. The lowest BCUT2D eigenvalue weighted by Gasteiger charge is -2.20. The first-order chi connectivity index (χ1) is 9.88. The quantitative estimate of drug-likeness (QED) is 0.763. The van der Waals surface area contributed by atoms with Crippen molar-refractivity contribution in [2.24, 2.45) is 0 Å². The Morgan fingerprint density at radius 2 is 2.10 bits per heavy atom. The number of hydrogen-bond acceptors (Lipinski definition) is 1. The number of rotatable bonds is 4. The van der Waals surface area contributed by atoms with Crippen molar-refractivity contribution in [3.63, 3.8) is 0 Å². The van der Waals surface area contributed by atoms with Gasteiger partial charge in [-0.25, -0.2) is 0 Å². The third-order valence-corrected chi connectivity index (χ3v) is 3.91. The van der Waals surface area contributed by atoms with Gasteiger partial charge in [0.25, 0.3) is 5.91 Å². The highest BCUT2D eigenvalue weighted by atomic mass is 79.9. The number of hydrogen-bond donors (Lipinski definition) is 0. The van der Waals surface area contributed by atoms with Crippen molar-refractivity contribution in [3.05, 3.63) is 57.3 Å². The molecule has 0 bridgehead atoms. The first-order valence-corrected chi connectivity index (χ1v) is 7.93. The van der Waals surface area contributed by atoms with Crippen molar-refractivity contribution in [3.8, 4) is 0 Å². The van der Waals surface area contributed by atoms with Crippen molar-refractivity contribution in [1.29, 1.82) is 0 Å². The van der Waals surface area contributed by atoms with Gasteiger partial charge in [-0.15, -0.1) is 0 Å². The van der Waals surface area contributed by atoms with Gasteiger partial charge in [0.2, 0.25) is 0 Å².